The summed E-state index contributed by atoms with van der Waals surface area (Å²) >= 11 is 0. The Morgan fingerprint density at radius 2 is 1.75 bits per heavy atom. The van der Waals surface area contributed by atoms with Crippen LogP contribution in [0.1, 0.15) is 29.3 Å². The Morgan fingerprint density at radius 3 is 2.22 bits per heavy atom. The monoisotopic (exact) mass is 474 g/mol. The molecule has 0 saturated carbocycles. The fourth-order valence-electron chi connectivity index (χ4n) is 2.32. The van der Waals surface area contributed by atoms with Gasteiger partial charge in [0.2, 0.25) is 5.91 Å². The van der Waals surface area contributed by atoms with Crippen LogP contribution in [0.15, 0.2) is 47.4 Å². The molecule has 2 aromatic rings. The van der Waals surface area contributed by atoms with E-state index in [1.807, 2.05) is 0 Å². The summed E-state index contributed by atoms with van der Waals surface area (Å²) in [6.07, 6.45) is 0.129. The molecule has 12 nitrogen and oxygen atoms in total. The Hall–Kier alpha value is -2.62. The van der Waals surface area contributed by atoms with Crippen LogP contribution in [0.4, 0.5) is 0 Å². The Bertz CT molecular complexity index is 995. The zero-order valence-electron chi connectivity index (χ0n) is 17.3. The van der Waals surface area contributed by atoms with Gasteiger partial charge in [0.15, 0.2) is 5.78 Å². The number of phenols is 1. The fourth-order valence-corrected chi connectivity index (χ4v) is 2.98. The van der Waals surface area contributed by atoms with Gasteiger partial charge in [-0.25, -0.2) is 0 Å². The first-order valence-electron chi connectivity index (χ1n) is 9.15. The number of hydrogen-bond donors (Lipinski definition) is 7. The first-order valence-corrected chi connectivity index (χ1v) is 10.6. The molecular weight excluding hydrogens is 448 g/mol. The van der Waals surface area contributed by atoms with Gasteiger partial charge in [-0.2, -0.15) is 8.42 Å². The Balaban J connectivity index is 0.000000396. The Kier molecular flexibility index (Phi) is 10.1. The van der Waals surface area contributed by atoms with Crippen molar-refractivity contribution in [3.63, 3.8) is 0 Å². The molecule has 0 spiro atoms. The van der Waals surface area contributed by atoms with Crippen molar-refractivity contribution in [1.29, 1.82) is 0 Å². The van der Waals surface area contributed by atoms with E-state index >= 15 is 0 Å². The fraction of sp³-hybridized carbons (Fsp3) is 0.316. The van der Waals surface area contributed by atoms with Crippen LogP contribution in [0, 0.1) is 0 Å². The number of methoxy groups -OCH3 is 1. The summed E-state index contributed by atoms with van der Waals surface area (Å²) in [5, 5.41) is 46.3. The van der Waals surface area contributed by atoms with Crippen molar-refractivity contribution in [3.05, 3.63) is 53.6 Å². The molecule has 0 amide bonds. The second-order valence-corrected chi connectivity index (χ2v) is 7.77. The second-order valence-electron chi connectivity index (χ2n) is 6.38. The minimum Gasteiger partial charge on any atom is -0.507 e. The highest BCUT2D eigenvalue weighted by molar-refractivity contribution is 7.86. The van der Waals surface area contributed by atoms with Crippen molar-refractivity contribution >= 4 is 15.9 Å². The number of ether oxygens (including phenoxy) is 1. The molecule has 178 valence electrons. The van der Waals surface area contributed by atoms with Gasteiger partial charge in [0.1, 0.15) is 16.4 Å². The Labute approximate surface area is 184 Å². The van der Waals surface area contributed by atoms with Crippen molar-refractivity contribution in [2.24, 2.45) is 0 Å². The third kappa shape index (κ3) is 8.49. The third-order valence-corrected chi connectivity index (χ3v) is 4.93. The van der Waals surface area contributed by atoms with Gasteiger partial charge < -0.3 is 20.1 Å². The summed E-state index contributed by atoms with van der Waals surface area (Å²) in [7, 11) is -3.41. The number of benzene rings is 2. The molecule has 0 radical (unpaired) electrons. The molecule has 2 rings (SSSR count). The lowest BCUT2D eigenvalue weighted by Crippen LogP contribution is -2.46. The summed E-state index contributed by atoms with van der Waals surface area (Å²) in [5.74, 6) is -3.18. The molecule has 0 aliphatic rings. The molecule has 0 saturated heterocycles. The average Bonchev–Trinajstić information content (AvgIpc) is 2.72. The molecule has 0 aromatic heterocycles. The molecule has 7 N–H and O–H groups in total. The van der Waals surface area contributed by atoms with Gasteiger partial charge >= 0.3 is 0 Å². The number of aromatic hydroxyl groups is 1. The lowest BCUT2D eigenvalue weighted by molar-refractivity contribution is -0.307. The van der Waals surface area contributed by atoms with Crippen LogP contribution in [-0.2, 0) is 10.1 Å². The second kappa shape index (κ2) is 11.8. The zero-order valence-corrected chi connectivity index (χ0v) is 18.2. The molecule has 0 unspecified atom stereocenters. The first kappa shape index (κ1) is 27.4. The number of ketones is 1. The van der Waals surface area contributed by atoms with Crippen LogP contribution in [0.3, 0.4) is 0 Å². The molecule has 32 heavy (non-hydrogen) atoms. The summed E-state index contributed by atoms with van der Waals surface area (Å²) in [6, 6.07) is 9.90. The van der Waals surface area contributed by atoms with Crippen LogP contribution in [-0.4, -0.2) is 75.8 Å². The largest absolute Gasteiger partial charge is 0.507 e. The average molecular weight is 474 g/mol. The highest BCUT2D eigenvalue weighted by Gasteiger charge is 2.23. The molecule has 0 fully saturated rings. The number of phenolic OH excluding ortho intramolecular Hbond substituents is 1. The van der Waals surface area contributed by atoms with Crippen LogP contribution in [0.25, 0.3) is 0 Å². The predicted molar refractivity (Wildman–Crippen MR) is 110 cm³/mol. The standard InChI is InChI=1S/C14H12O6S.C5H14N2O4/c1-20-12-8-11(15)10(7-13(12)21(17,18)19)14(16)9-5-3-2-4-6-9;1-2-5(8,9)6-3-4-7(10)11/h2-8,15H,1H3,(H,17,18,19);6,8-11H,2-4H2,1H3. The number of carbonyl (C=O) groups excluding carboxylic acids is 1. The van der Waals surface area contributed by atoms with Crippen LogP contribution in [0.2, 0.25) is 0 Å². The van der Waals surface area contributed by atoms with Gasteiger partial charge in [0, 0.05) is 24.6 Å². The van der Waals surface area contributed by atoms with Crippen LogP contribution < -0.4 is 10.1 Å². The predicted octanol–water partition coefficient (Wildman–Crippen LogP) is 0.583. The van der Waals surface area contributed by atoms with Crippen molar-refractivity contribution in [1.82, 2.24) is 10.5 Å². The molecule has 0 heterocycles. The maximum Gasteiger partial charge on any atom is 0.298 e. The molecule has 0 aliphatic heterocycles. The lowest BCUT2D eigenvalue weighted by atomic mass is 10.0. The lowest BCUT2D eigenvalue weighted by Gasteiger charge is -2.21. The maximum absolute atomic E-state index is 12.3. The smallest absolute Gasteiger partial charge is 0.298 e. The number of nitrogens with one attached hydrogen (secondary N) is 1. The first-order chi connectivity index (χ1) is 14.8. The normalized spacial score (nSPS) is 11.6. The molecule has 13 heteroatoms. The van der Waals surface area contributed by atoms with Gasteiger partial charge in [0.25, 0.3) is 10.1 Å². The summed E-state index contributed by atoms with van der Waals surface area (Å²) in [6.45, 7) is 1.57. The van der Waals surface area contributed by atoms with Gasteiger partial charge in [-0.3, -0.25) is 25.1 Å². The van der Waals surface area contributed by atoms with Gasteiger partial charge in [-0.15, -0.1) is 0 Å². The Morgan fingerprint density at radius 1 is 1.16 bits per heavy atom. The highest BCUT2D eigenvalue weighted by Crippen LogP contribution is 2.32. The van der Waals surface area contributed by atoms with E-state index in [0.29, 0.717) is 0 Å². The van der Waals surface area contributed by atoms with E-state index in [0.717, 1.165) is 12.1 Å². The third-order valence-electron chi connectivity index (χ3n) is 4.05. The summed E-state index contributed by atoms with van der Waals surface area (Å²) in [5.41, 5.74) is 0.0360. The SMILES string of the molecule is CCC(O)(O)NCCN(O)O.COc1cc(O)c(C(=O)c2ccccc2)cc1S(=O)(=O)O. The van der Waals surface area contributed by atoms with E-state index in [4.69, 9.17) is 29.9 Å². The number of hydrogen-bond acceptors (Lipinski definition) is 11. The quantitative estimate of drug-likeness (QED) is 0.116. The van der Waals surface area contributed by atoms with Gasteiger partial charge in [-0.1, -0.05) is 42.5 Å². The van der Waals surface area contributed by atoms with Crippen molar-refractivity contribution in [2.45, 2.75) is 24.2 Å². The zero-order chi connectivity index (χ0) is 24.5. The molecule has 0 atom stereocenters. The molecule has 0 bridgehead atoms. The molecule has 0 aliphatic carbocycles. The highest BCUT2D eigenvalue weighted by atomic mass is 32.2. The van der Waals surface area contributed by atoms with Crippen LogP contribution in [0.5, 0.6) is 11.5 Å². The topological polar surface area (TPSA) is 197 Å². The van der Waals surface area contributed by atoms with E-state index in [9.17, 15) is 18.3 Å². The van der Waals surface area contributed by atoms with E-state index in [-0.39, 0.29) is 41.6 Å². The summed E-state index contributed by atoms with van der Waals surface area (Å²) in [4.78, 5) is 11.7. The minimum atomic E-state index is -4.59. The van der Waals surface area contributed by atoms with E-state index in [1.54, 1.807) is 25.1 Å². The van der Waals surface area contributed by atoms with Crippen LogP contribution >= 0.6 is 0 Å². The number of carbonyl (C=O) groups is 1. The van der Waals surface area contributed by atoms with Crippen molar-refractivity contribution in [2.75, 3.05) is 20.2 Å². The van der Waals surface area contributed by atoms with Crippen molar-refractivity contribution in [3.8, 4) is 11.5 Å². The maximum atomic E-state index is 12.3. The van der Waals surface area contributed by atoms with E-state index < -0.39 is 32.5 Å². The number of rotatable bonds is 9. The van der Waals surface area contributed by atoms with Gasteiger partial charge in [0.05, 0.1) is 19.2 Å². The molecular formula is C19H26N2O10S. The summed E-state index contributed by atoms with van der Waals surface area (Å²) < 4.78 is 36.6. The van der Waals surface area contributed by atoms with Gasteiger partial charge in [-0.05, 0) is 6.07 Å². The minimum absolute atomic E-state index is 0.0290. The number of hydroxylamine groups is 2. The van der Waals surface area contributed by atoms with E-state index in [2.05, 4.69) is 5.32 Å². The number of aliphatic hydroxyl groups is 2. The van der Waals surface area contributed by atoms with E-state index in [1.165, 1.54) is 19.2 Å². The molecule has 2 aromatic carbocycles. The van der Waals surface area contributed by atoms with Crippen molar-refractivity contribution < 1.29 is 48.2 Å². The number of nitrogens with zero attached hydrogens (tertiary/aromatic N) is 1.